The monoisotopic (exact) mass is 264 g/mol. The van der Waals surface area contributed by atoms with Gasteiger partial charge in [-0.1, -0.05) is 26.7 Å². The van der Waals surface area contributed by atoms with Gasteiger partial charge in [-0.05, 0) is 18.3 Å². The number of nitrogen functional groups attached to an aromatic ring is 1. The molecule has 106 valence electrons. The quantitative estimate of drug-likeness (QED) is 0.908. The summed E-state index contributed by atoms with van der Waals surface area (Å²) < 4.78 is 1.54. The van der Waals surface area contributed by atoms with E-state index in [9.17, 15) is 4.79 Å². The molecule has 19 heavy (non-hydrogen) atoms. The van der Waals surface area contributed by atoms with E-state index in [0.717, 1.165) is 25.9 Å². The summed E-state index contributed by atoms with van der Waals surface area (Å²) in [6.45, 7) is 6.16. The molecule has 0 bridgehead atoms. The van der Waals surface area contributed by atoms with E-state index in [1.165, 1.54) is 12.8 Å². The van der Waals surface area contributed by atoms with E-state index in [4.69, 9.17) is 5.73 Å². The van der Waals surface area contributed by atoms with Gasteiger partial charge >= 0.3 is 0 Å². The van der Waals surface area contributed by atoms with Gasteiger partial charge in [0.15, 0.2) is 0 Å². The zero-order valence-corrected chi connectivity index (χ0v) is 12.1. The molecule has 0 atom stereocenters. The first kappa shape index (κ1) is 13.9. The minimum atomic E-state index is 0.0198. The molecule has 5 nitrogen and oxygen atoms in total. The fourth-order valence-corrected chi connectivity index (χ4v) is 2.92. The molecule has 2 N–H and O–H groups in total. The molecular formula is C14H24N4O. The van der Waals surface area contributed by atoms with Crippen LogP contribution in [0, 0.1) is 5.41 Å². The van der Waals surface area contributed by atoms with Gasteiger partial charge in [0, 0.05) is 20.1 Å². The number of nitrogens with zero attached hydrogens (tertiary/aromatic N) is 3. The van der Waals surface area contributed by atoms with Gasteiger partial charge in [-0.3, -0.25) is 9.48 Å². The normalized spacial score (nSPS) is 18.6. The van der Waals surface area contributed by atoms with Crippen LogP contribution in [0.25, 0.3) is 0 Å². The molecule has 0 radical (unpaired) electrons. The molecule has 0 unspecified atom stereocenters. The second-order valence-corrected chi connectivity index (χ2v) is 5.57. The van der Waals surface area contributed by atoms with Gasteiger partial charge < -0.3 is 10.6 Å². The lowest BCUT2D eigenvalue weighted by molar-refractivity contribution is 0.0558. The van der Waals surface area contributed by atoms with Gasteiger partial charge in [-0.2, -0.15) is 5.10 Å². The molecule has 0 spiro atoms. The van der Waals surface area contributed by atoms with Crippen LogP contribution < -0.4 is 5.73 Å². The highest BCUT2D eigenvalue weighted by Gasteiger charge is 2.33. The second-order valence-electron chi connectivity index (χ2n) is 5.57. The SMILES string of the molecule is CCC1(CC)CCN(C(=O)c2cnn(C)c2N)CC1. The third-order valence-electron chi connectivity index (χ3n) is 4.83. The Bertz CT molecular complexity index is 452. The summed E-state index contributed by atoms with van der Waals surface area (Å²) in [4.78, 5) is 14.3. The van der Waals surface area contributed by atoms with Crippen molar-refractivity contribution >= 4 is 11.7 Å². The van der Waals surface area contributed by atoms with Crippen LogP contribution in [0.3, 0.4) is 0 Å². The molecule has 1 amide bonds. The topological polar surface area (TPSA) is 64.2 Å². The summed E-state index contributed by atoms with van der Waals surface area (Å²) >= 11 is 0. The highest BCUT2D eigenvalue weighted by Crippen LogP contribution is 2.38. The van der Waals surface area contributed by atoms with Gasteiger partial charge in [0.1, 0.15) is 11.4 Å². The van der Waals surface area contributed by atoms with Crippen molar-refractivity contribution in [1.82, 2.24) is 14.7 Å². The van der Waals surface area contributed by atoms with Crippen LogP contribution in [0.2, 0.25) is 0 Å². The van der Waals surface area contributed by atoms with E-state index in [0.29, 0.717) is 16.8 Å². The van der Waals surface area contributed by atoms with E-state index in [2.05, 4.69) is 18.9 Å². The zero-order chi connectivity index (χ0) is 14.0. The van der Waals surface area contributed by atoms with Gasteiger partial charge in [0.2, 0.25) is 0 Å². The Morgan fingerprint density at radius 3 is 2.37 bits per heavy atom. The minimum absolute atomic E-state index is 0.0198. The average molecular weight is 264 g/mol. The van der Waals surface area contributed by atoms with Crippen LogP contribution in [0.1, 0.15) is 49.9 Å². The number of carbonyl (C=O) groups excluding carboxylic acids is 1. The maximum Gasteiger partial charge on any atom is 0.259 e. The van der Waals surface area contributed by atoms with E-state index in [-0.39, 0.29) is 5.91 Å². The van der Waals surface area contributed by atoms with E-state index < -0.39 is 0 Å². The highest BCUT2D eigenvalue weighted by molar-refractivity contribution is 5.98. The standard InChI is InChI=1S/C14H24N4O/c1-4-14(5-2)6-8-18(9-7-14)13(19)11-10-16-17(3)12(11)15/h10H,4-9,15H2,1-3H3. The number of anilines is 1. The third-order valence-corrected chi connectivity index (χ3v) is 4.83. The molecule has 1 aliphatic rings. The molecule has 2 rings (SSSR count). The van der Waals surface area contributed by atoms with Crippen LogP contribution in [-0.4, -0.2) is 33.7 Å². The lowest BCUT2D eigenvalue weighted by Gasteiger charge is -2.41. The summed E-state index contributed by atoms with van der Waals surface area (Å²) in [5.41, 5.74) is 6.83. The molecule has 0 saturated carbocycles. The van der Waals surface area contributed by atoms with Crippen molar-refractivity contribution in [2.75, 3.05) is 18.8 Å². The Kier molecular flexibility index (Phi) is 3.83. The summed E-state index contributed by atoms with van der Waals surface area (Å²) in [6, 6.07) is 0. The van der Waals surface area contributed by atoms with Crippen LogP contribution in [0.5, 0.6) is 0 Å². The molecule has 2 heterocycles. The third kappa shape index (κ3) is 2.46. The van der Waals surface area contributed by atoms with Crippen molar-refractivity contribution in [1.29, 1.82) is 0 Å². The number of aryl methyl sites for hydroxylation is 1. The smallest absolute Gasteiger partial charge is 0.259 e. The largest absolute Gasteiger partial charge is 0.383 e. The summed E-state index contributed by atoms with van der Waals surface area (Å²) in [7, 11) is 1.75. The number of amides is 1. The van der Waals surface area contributed by atoms with Gasteiger partial charge in [0.25, 0.3) is 5.91 Å². The number of piperidine rings is 1. The summed E-state index contributed by atoms with van der Waals surface area (Å²) in [5.74, 6) is 0.472. The Morgan fingerprint density at radius 1 is 1.37 bits per heavy atom. The second kappa shape index (κ2) is 5.23. The van der Waals surface area contributed by atoms with Crippen LogP contribution in [-0.2, 0) is 7.05 Å². The fourth-order valence-electron chi connectivity index (χ4n) is 2.92. The first-order valence-electron chi connectivity index (χ1n) is 7.09. The molecule has 1 aromatic heterocycles. The first-order chi connectivity index (χ1) is 9.03. The van der Waals surface area contributed by atoms with E-state index >= 15 is 0 Å². The Morgan fingerprint density at radius 2 is 1.95 bits per heavy atom. The lowest BCUT2D eigenvalue weighted by atomic mass is 9.74. The number of nitrogens with two attached hydrogens (primary N) is 1. The molecule has 1 aromatic rings. The Hall–Kier alpha value is -1.52. The Labute approximate surface area is 114 Å². The number of aromatic nitrogens is 2. The number of likely N-dealkylation sites (tertiary alicyclic amines) is 1. The van der Waals surface area contributed by atoms with E-state index in [1.807, 2.05) is 4.90 Å². The molecule has 5 heteroatoms. The Balaban J connectivity index is 2.06. The van der Waals surface area contributed by atoms with Crippen molar-refractivity contribution in [2.24, 2.45) is 12.5 Å². The molecule has 0 aliphatic carbocycles. The fraction of sp³-hybridized carbons (Fsp3) is 0.714. The number of hydrogen-bond donors (Lipinski definition) is 1. The maximum atomic E-state index is 12.4. The van der Waals surface area contributed by atoms with Crippen molar-refractivity contribution in [3.8, 4) is 0 Å². The predicted octanol–water partition coefficient (Wildman–Crippen LogP) is 2.04. The lowest BCUT2D eigenvalue weighted by Crippen LogP contribution is -2.42. The summed E-state index contributed by atoms with van der Waals surface area (Å²) in [5, 5.41) is 4.04. The summed E-state index contributed by atoms with van der Waals surface area (Å²) in [6.07, 6.45) is 6.14. The van der Waals surface area contributed by atoms with Crippen LogP contribution in [0.15, 0.2) is 6.20 Å². The molecular weight excluding hydrogens is 240 g/mol. The van der Waals surface area contributed by atoms with Crippen LogP contribution >= 0.6 is 0 Å². The van der Waals surface area contributed by atoms with Gasteiger partial charge in [-0.15, -0.1) is 0 Å². The number of carbonyl (C=O) groups is 1. The molecule has 1 saturated heterocycles. The number of rotatable bonds is 3. The highest BCUT2D eigenvalue weighted by atomic mass is 16.2. The van der Waals surface area contributed by atoms with Crippen molar-refractivity contribution in [3.63, 3.8) is 0 Å². The number of hydrogen-bond acceptors (Lipinski definition) is 3. The maximum absolute atomic E-state index is 12.4. The van der Waals surface area contributed by atoms with E-state index in [1.54, 1.807) is 17.9 Å². The molecule has 1 aliphatic heterocycles. The zero-order valence-electron chi connectivity index (χ0n) is 12.1. The van der Waals surface area contributed by atoms with Crippen LogP contribution in [0.4, 0.5) is 5.82 Å². The van der Waals surface area contributed by atoms with Crippen molar-refractivity contribution < 1.29 is 4.79 Å². The van der Waals surface area contributed by atoms with Crippen molar-refractivity contribution in [2.45, 2.75) is 39.5 Å². The predicted molar refractivity (Wildman–Crippen MR) is 75.8 cm³/mol. The average Bonchev–Trinajstić information content (AvgIpc) is 2.78. The minimum Gasteiger partial charge on any atom is -0.383 e. The molecule has 1 fully saturated rings. The van der Waals surface area contributed by atoms with Gasteiger partial charge in [-0.25, -0.2) is 0 Å². The van der Waals surface area contributed by atoms with Crippen molar-refractivity contribution in [3.05, 3.63) is 11.8 Å². The first-order valence-corrected chi connectivity index (χ1v) is 7.09. The van der Waals surface area contributed by atoms with Gasteiger partial charge in [0.05, 0.1) is 6.20 Å². The molecule has 0 aromatic carbocycles.